The third kappa shape index (κ3) is 5.35. The molecule has 0 saturated heterocycles. The maximum absolute atomic E-state index is 12.2. The van der Waals surface area contributed by atoms with Crippen molar-refractivity contribution in [2.75, 3.05) is 30.1 Å². The highest BCUT2D eigenvalue weighted by Gasteiger charge is 2.30. The number of benzene rings is 1. The van der Waals surface area contributed by atoms with Gasteiger partial charge in [-0.25, -0.2) is 0 Å². The minimum Gasteiger partial charge on any atom is -0.494 e. The van der Waals surface area contributed by atoms with E-state index in [2.05, 4.69) is 40.7 Å². The lowest BCUT2D eigenvalue weighted by molar-refractivity contribution is -0.117. The zero-order valence-corrected chi connectivity index (χ0v) is 21.6. The van der Waals surface area contributed by atoms with Crippen LogP contribution in [0.2, 0.25) is 0 Å². The number of methoxy groups -OCH3 is 1. The van der Waals surface area contributed by atoms with E-state index in [1.807, 2.05) is 29.9 Å². The molecular weight excluding hydrogens is 463 g/mol. The van der Waals surface area contributed by atoms with Crippen LogP contribution in [0.15, 0.2) is 30.3 Å². The first-order chi connectivity index (χ1) is 16.9. The summed E-state index contributed by atoms with van der Waals surface area (Å²) in [6.07, 6.45) is 3.97. The monoisotopic (exact) mass is 494 g/mol. The first kappa shape index (κ1) is 24.8. The summed E-state index contributed by atoms with van der Waals surface area (Å²) in [5.74, 6) is 0.612. The van der Waals surface area contributed by atoms with Crippen molar-refractivity contribution in [2.24, 2.45) is 13.0 Å². The zero-order chi connectivity index (χ0) is 25.1. The lowest BCUT2D eigenvalue weighted by Crippen LogP contribution is -2.16. The second-order valence-corrected chi connectivity index (χ2v) is 11.3. The largest absolute Gasteiger partial charge is 0.494 e. The van der Waals surface area contributed by atoms with E-state index in [1.54, 1.807) is 13.2 Å². The highest BCUT2D eigenvalue weighted by Crippen LogP contribution is 2.40. The molecule has 0 spiro atoms. The Morgan fingerprint density at radius 2 is 1.89 bits per heavy atom. The molecule has 10 heteroatoms. The topological polar surface area (TPSA) is 111 Å². The number of hydrogen-bond donors (Lipinski definition) is 2. The Morgan fingerprint density at radius 1 is 1.14 bits per heavy atom. The molecule has 1 amide bonds. The standard InChI is InChI=1S/C25H31N6O3P/c1-6-35(7-2)22-14-19(30-31(22)4)17-9-8-10-18(24(17)34-5)26-20-13-21(27-25(33)16-11-12-16)28-29-23(20)15(3)32/h8-10,13-14,16H,6-7,11-12H2,1-5H3,(H2,26,27,28,33). The molecule has 0 bridgehead atoms. The predicted octanol–water partition coefficient (Wildman–Crippen LogP) is 4.33. The van der Waals surface area contributed by atoms with Crippen LogP contribution in [0.1, 0.15) is 44.1 Å². The van der Waals surface area contributed by atoms with Crippen molar-refractivity contribution in [2.45, 2.75) is 33.6 Å². The van der Waals surface area contributed by atoms with Crippen LogP contribution in [0.4, 0.5) is 17.2 Å². The molecule has 3 aromatic rings. The van der Waals surface area contributed by atoms with E-state index in [0.29, 0.717) is 22.9 Å². The van der Waals surface area contributed by atoms with Crippen LogP contribution in [0, 0.1) is 5.92 Å². The molecule has 1 aromatic carbocycles. The number of aromatic nitrogens is 4. The highest BCUT2D eigenvalue weighted by atomic mass is 31.1. The molecule has 2 N–H and O–H groups in total. The third-order valence-electron chi connectivity index (χ3n) is 6.03. The Labute approximate surface area is 206 Å². The van der Waals surface area contributed by atoms with Gasteiger partial charge in [0.05, 0.1) is 29.6 Å². The number of para-hydroxylation sites is 1. The Bertz CT molecular complexity index is 1250. The Balaban J connectivity index is 1.70. The number of ketones is 1. The number of amides is 1. The molecule has 184 valence electrons. The van der Waals surface area contributed by atoms with E-state index >= 15 is 0 Å². The maximum atomic E-state index is 12.2. The number of rotatable bonds is 10. The fraction of sp³-hybridized carbons (Fsp3) is 0.400. The molecule has 9 nitrogen and oxygen atoms in total. The minimum absolute atomic E-state index is 0.0298. The molecule has 1 aliphatic rings. The number of ether oxygens (including phenoxy) is 1. The molecule has 0 unspecified atom stereocenters. The molecule has 35 heavy (non-hydrogen) atoms. The molecule has 2 heterocycles. The van der Waals surface area contributed by atoms with Gasteiger partial charge in [0.25, 0.3) is 0 Å². The van der Waals surface area contributed by atoms with Crippen LogP contribution in [-0.2, 0) is 11.8 Å². The molecule has 1 aliphatic carbocycles. The van der Waals surface area contributed by atoms with Gasteiger partial charge in [0, 0.05) is 31.5 Å². The summed E-state index contributed by atoms with van der Waals surface area (Å²) in [5.41, 5.74) is 4.19. The molecule has 0 aliphatic heterocycles. The van der Waals surface area contributed by atoms with Gasteiger partial charge in [0.15, 0.2) is 23.0 Å². The number of aryl methyl sites for hydroxylation is 1. The van der Waals surface area contributed by atoms with Crippen molar-refractivity contribution in [3.63, 3.8) is 0 Å². The van der Waals surface area contributed by atoms with E-state index in [1.165, 1.54) is 12.4 Å². The fourth-order valence-corrected chi connectivity index (χ4v) is 5.87. The van der Waals surface area contributed by atoms with Gasteiger partial charge in [-0.15, -0.1) is 10.2 Å². The molecule has 4 rings (SSSR count). The molecule has 2 aromatic heterocycles. The van der Waals surface area contributed by atoms with Gasteiger partial charge in [0.1, 0.15) is 0 Å². The number of nitrogens with zero attached hydrogens (tertiary/aromatic N) is 4. The van der Waals surface area contributed by atoms with Crippen molar-refractivity contribution in [1.29, 1.82) is 0 Å². The number of carbonyl (C=O) groups is 2. The average Bonchev–Trinajstić information content (AvgIpc) is 3.63. The van der Waals surface area contributed by atoms with Crippen molar-refractivity contribution in [1.82, 2.24) is 20.0 Å². The van der Waals surface area contributed by atoms with Crippen LogP contribution in [0.3, 0.4) is 0 Å². The van der Waals surface area contributed by atoms with Crippen LogP contribution >= 0.6 is 7.92 Å². The van der Waals surface area contributed by atoms with Gasteiger partial charge in [-0.1, -0.05) is 27.8 Å². The van der Waals surface area contributed by atoms with Gasteiger partial charge < -0.3 is 15.4 Å². The first-order valence-electron chi connectivity index (χ1n) is 11.8. The van der Waals surface area contributed by atoms with Crippen LogP contribution in [0.5, 0.6) is 5.75 Å². The van der Waals surface area contributed by atoms with Crippen molar-refractivity contribution >= 4 is 42.2 Å². The lowest BCUT2D eigenvalue weighted by Gasteiger charge is -2.16. The quantitative estimate of drug-likeness (QED) is 0.319. The van der Waals surface area contributed by atoms with Gasteiger partial charge >= 0.3 is 0 Å². The maximum Gasteiger partial charge on any atom is 0.228 e. The second kappa shape index (κ2) is 10.5. The Kier molecular flexibility index (Phi) is 7.45. The van der Waals surface area contributed by atoms with E-state index in [4.69, 9.17) is 9.84 Å². The molecule has 1 fully saturated rings. The molecule has 0 atom stereocenters. The van der Waals surface area contributed by atoms with E-state index in [-0.39, 0.29) is 31.2 Å². The summed E-state index contributed by atoms with van der Waals surface area (Å²) in [5, 5.41) is 18.9. The number of Topliss-reactive ketones (excluding diaryl/α,β-unsaturated/α-hetero) is 1. The van der Waals surface area contributed by atoms with Gasteiger partial charge in [0.2, 0.25) is 5.91 Å². The molecular formula is C25H31N6O3P. The third-order valence-corrected chi connectivity index (χ3v) is 8.63. The fourth-order valence-electron chi connectivity index (χ4n) is 4.02. The number of hydrogen-bond acceptors (Lipinski definition) is 7. The number of carbonyl (C=O) groups excluding carboxylic acids is 2. The van der Waals surface area contributed by atoms with Crippen molar-refractivity contribution in [3.8, 4) is 17.0 Å². The van der Waals surface area contributed by atoms with Crippen LogP contribution in [-0.4, -0.2) is 51.1 Å². The second-order valence-electron chi connectivity index (χ2n) is 8.51. The number of nitrogens with one attached hydrogen (secondary N) is 2. The van der Waals surface area contributed by atoms with Gasteiger partial charge in [-0.3, -0.25) is 14.3 Å². The van der Waals surface area contributed by atoms with Gasteiger partial charge in [-0.2, -0.15) is 5.10 Å². The summed E-state index contributed by atoms with van der Waals surface area (Å²) >= 11 is 0. The summed E-state index contributed by atoms with van der Waals surface area (Å²) in [7, 11) is 3.32. The van der Waals surface area contributed by atoms with E-state index in [9.17, 15) is 9.59 Å². The summed E-state index contributed by atoms with van der Waals surface area (Å²) in [6, 6.07) is 9.51. The van der Waals surface area contributed by atoms with Crippen LogP contribution in [0.25, 0.3) is 11.3 Å². The predicted molar refractivity (Wildman–Crippen MR) is 140 cm³/mol. The number of anilines is 3. The zero-order valence-electron chi connectivity index (χ0n) is 20.8. The summed E-state index contributed by atoms with van der Waals surface area (Å²) in [4.78, 5) is 24.4. The van der Waals surface area contributed by atoms with Gasteiger partial charge in [-0.05, 0) is 43.4 Å². The van der Waals surface area contributed by atoms with Crippen molar-refractivity contribution in [3.05, 3.63) is 36.0 Å². The summed E-state index contributed by atoms with van der Waals surface area (Å²) < 4.78 is 7.76. The summed E-state index contributed by atoms with van der Waals surface area (Å²) in [6.45, 7) is 5.85. The smallest absolute Gasteiger partial charge is 0.228 e. The molecule has 0 radical (unpaired) electrons. The highest BCUT2D eigenvalue weighted by molar-refractivity contribution is 7.65. The van der Waals surface area contributed by atoms with E-state index < -0.39 is 0 Å². The lowest BCUT2D eigenvalue weighted by atomic mass is 10.1. The van der Waals surface area contributed by atoms with Crippen molar-refractivity contribution < 1.29 is 14.3 Å². The average molecular weight is 495 g/mol. The molecule has 1 saturated carbocycles. The SMILES string of the molecule is CCP(CC)c1cc(-c2cccc(Nc3cc(NC(=O)C4CC4)nnc3C(C)=O)c2OC)nn1C. The minimum atomic E-state index is -0.269. The first-order valence-corrected chi connectivity index (χ1v) is 13.5. The van der Waals surface area contributed by atoms with Crippen LogP contribution < -0.4 is 20.8 Å². The Morgan fingerprint density at radius 3 is 2.51 bits per heavy atom. The Hall–Kier alpha value is -3.32. The normalized spacial score (nSPS) is 13.1. The van der Waals surface area contributed by atoms with E-state index in [0.717, 1.165) is 36.4 Å².